The fourth-order valence-corrected chi connectivity index (χ4v) is 1.66. The Morgan fingerprint density at radius 2 is 1.94 bits per heavy atom. The highest BCUT2D eigenvalue weighted by Crippen LogP contribution is 2.34. The van der Waals surface area contributed by atoms with E-state index in [1.807, 2.05) is 6.07 Å². The number of nitrogen functional groups attached to an aromatic ring is 2. The Morgan fingerprint density at radius 3 is 2.65 bits per heavy atom. The van der Waals surface area contributed by atoms with E-state index in [9.17, 15) is 4.79 Å². The largest absolute Gasteiger partial charge is 0.423 e. The third kappa shape index (κ3) is 1.92. The summed E-state index contributed by atoms with van der Waals surface area (Å²) in [6.45, 7) is 3.35. The normalized spacial score (nSPS) is 10.1. The van der Waals surface area contributed by atoms with Gasteiger partial charge in [0.05, 0.1) is 0 Å². The molecule has 4 heteroatoms. The van der Waals surface area contributed by atoms with Crippen LogP contribution in [-0.2, 0) is 4.79 Å². The molecule has 2 aromatic carbocycles. The van der Waals surface area contributed by atoms with Crippen LogP contribution in [0.5, 0.6) is 5.75 Å². The standard InChI is InChI=1S/C13H12N2O2/c1-2-12(16)17-11-7-6-9(14)8-4-3-5-10(15)13(8)11/h2-7H,1,14-15H2. The quantitative estimate of drug-likeness (QED) is 0.357. The number of carbonyl (C=O) groups is 1. The van der Waals surface area contributed by atoms with E-state index in [2.05, 4.69) is 6.58 Å². The minimum atomic E-state index is -0.528. The number of nitrogens with two attached hydrogens (primary N) is 2. The van der Waals surface area contributed by atoms with Crippen molar-refractivity contribution in [2.75, 3.05) is 11.5 Å². The van der Waals surface area contributed by atoms with E-state index in [0.29, 0.717) is 22.5 Å². The molecule has 0 aliphatic carbocycles. The highest BCUT2D eigenvalue weighted by molar-refractivity contribution is 6.05. The van der Waals surface area contributed by atoms with Crippen molar-refractivity contribution in [3.05, 3.63) is 43.0 Å². The maximum Gasteiger partial charge on any atom is 0.335 e. The van der Waals surface area contributed by atoms with Crippen molar-refractivity contribution in [1.82, 2.24) is 0 Å². The molecule has 2 rings (SSSR count). The number of esters is 1. The maximum atomic E-state index is 11.2. The first-order valence-electron chi connectivity index (χ1n) is 5.04. The molecule has 0 heterocycles. The number of rotatable bonds is 2. The maximum absolute atomic E-state index is 11.2. The second-order valence-corrected chi connectivity index (χ2v) is 3.55. The van der Waals surface area contributed by atoms with Crippen LogP contribution in [0.15, 0.2) is 43.0 Å². The van der Waals surface area contributed by atoms with Crippen LogP contribution in [0.1, 0.15) is 0 Å². The van der Waals surface area contributed by atoms with Crippen LogP contribution in [0.3, 0.4) is 0 Å². The van der Waals surface area contributed by atoms with Crippen molar-refractivity contribution < 1.29 is 9.53 Å². The second kappa shape index (κ2) is 4.17. The molecular formula is C13H12N2O2. The lowest BCUT2D eigenvalue weighted by atomic mass is 10.1. The topological polar surface area (TPSA) is 78.3 Å². The zero-order chi connectivity index (χ0) is 12.4. The van der Waals surface area contributed by atoms with Crippen molar-refractivity contribution in [3.8, 4) is 5.75 Å². The summed E-state index contributed by atoms with van der Waals surface area (Å²) in [4.78, 5) is 11.2. The zero-order valence-electron chi connectivity index (χ0n) is 9.14. The first-order chi connectivity index (χ1) is 8.13. The number of benzene rings is 2. The molecule has 0 amide bonds. The highest BCUT2D eigenvalue weighted by Gasteiger charge is 2.10. The lowest BCUT2D eigenvalue weighted by Gasteiger charge is -2.10. The second-order valence-electron chi connectivity index (χ2n) is 3.55. The van der Waals surface area contributed by atoms with Gasteiger partial charge >= 0.3 is 5.97 Å². The summed E-state index contributed by atoms with van der Waals surface area (Å²) in [5.41, 5.74) is 12.8. The average Bonchev–Trinajstić information content (AvgIpc) is 2.33. The van der Waals surface area contributed by atoms with Gasteiger partial charge in [-0.2, -0.15) is 0 Å². The molecule has 0 unspecified atom stereocenters. The molecule has 0 spiro atoms. The summed E-state index contributed by atoms with van der Waals surface area (Å²) < 4.78 is 5.12. The predicted octanol–water partition coefficient (Wildman–Crippen LogP) is 2.10. The fourth-order valence-electron chi connectivity index (χ4n) is 1.66. The van der Waals surface area contributed by atoms with Crippen LogP contribution >= 0.6 is 0 Å². The van der Waals surface area contributed by atoms with E-state index in [0.717, 1.165) is 11.5 Å². The number of hydrogen-bond donors (Lipinski definition) is 2. The molecule has 2 aromatic rings. The Balaban J connectivity index is 2.68. The molecule has 0 saturated heterocycles. The highest BCUT2D eigenvalue weighted by atomic mass is 16.5. The van der Waals surface area contributed by atoms with Gasteiger partial charge in [0.1, 0.15) is 5.75 Å². The van der Waals surface area contributed by atoms with E-state index in [-0.39, 0.29) is 0 Å². The molecule has 0 aliphatic rings. The van der Waals surface area contributed by atoms with E-state index >= 15 is 0 Å². The Bertz CT molecular complexity index is 606. The number of anilines is 2. The first-order valence-corrected chi connectivity index (χ1v) is 5.04. The molecule has 17 heavy (non-hydrogen) atoms. The van der Waals surface area contributed by atoms with Crippen LogP contribution in [0, 0.1) is 0 Å². The number of fused-ring (bicyclic) bond motifs is 1. The summed E-state index contributed by atoms with van der Waals surface area (Å²) in [6.07, 6.45) is 1.10. The van der Waals surface area contributed by atoms with Crippen molar-refractivity contribution in [2.45, 2.75) is 0 Å². The van der Waals surface area contributed by atoms with Crippen molar-refractivity contribution >= 4 is 28.1 Å². The smallest absolute Gasteiger partial charge is 0.335 e. The van der Waals surface area contributed by atoms with E-state index in [4.69, 9.17) is 16.2 Å². The summed E-state index contributed by atoms with van der Waals surface area (Å²) in [5, 5.41) is 1.40. The van der Waals surface area contributed by atoms with Crippen LogP contribution in [0.25, 0.3) is 10.8 Å². The third-order valence-corrected chi connectivity index (χ3v) is 2.45. The molecule has 4 nitrogen and oxygen atoms in total. The minimum absolute atomic E-state index is 0.386. The Kier molecular flexibility index (Phi) is 2.70. The molecule has 0 fully saturated rings. The average molecular weight is 228 g/mol. The van der Waals surface area contributed by atoms with Gasteiger partial charge in [0.25, 0.3) is 0 Å². The molecule has 4 N–H and O–H groups in total. The van der Waals surface area contributed by atoms with Crippen molar-refractivity contribution in [1.29, 1.82) is 0 Å². The summed E-state index contributed by atoms with van der Waals surface area (Å²) in [7, 11) is 0. The monoisotopic (exact) mass is 228 g/mol. The van der Waals surface area contributed by atoms with Gasteiger partial charge in [-0.3, -0.25) is 0 Å². The van der Waals surface area contributed by atoms with E-state index in [1.54, 1.807) is 24.3 Å². The summed E-state index contributed by atoms with van der Waals surface area (Å²) >= 11 is 0. The van der Waals surface area contributed by atoms with Gasteiger partial charge in [-0.05, 0) is 18.2 Å². The lowest BCUT2D eigenvalue weighted by Crippen LogP contribution is -2.04. The lowest BCUT2D eigenvalue weighted by molar-refractivity contribution is -0.128. The number of ether oxygens (including phenoxy) is 1. The predicted molar refractivity (Wildman–Crippen MR) is 68.6 cm³/mol. The van der Waals surface area contributed by atoms with Crippen LogP contribution < -0.4 is 16.2 Å². The number of hydrogen-bond acceptors (Lipinski definition) is 4. The minimum Gasteiger partial charge on any atom is -0.423 e. The van der Waals surface area contributed by atoms with Crippen molar-refractivity contribution in [3.63, 3.8) is 0 Å². The van der Waals surface area contributed by atoms with Gasteiger partial charge in [0, 0.05) is 28.2 Å². The van der Waals surface area contributed by atoms with Crippen LogP contribution in [0.4, 0.5) is 11.4 Å². The molecule has 0 atom stereocenters. The Labute approximate surface area is 98.5 Å². The first kappa shape index (κ1) is 11.0. The third-order valence-electron chi connectivity index (χ3n) is 2.45. The van der Waals surface area contributed by atoms with Gasteiger partial charge in [0.2, 0.25) is 0 Å². The Morgan fingerprint density at radius 1 is 1.18 bits per heavy atom. The molecule has 0 bridgehead atoms. The van der Waals surface area contributed by atoms with Gasteiger partial charge in [0.15, 0.2) is 0 Å². The fraction of sp³-hybridized carbons (Fsp3) is 0. The van der Waals surface area contributed by atoms with Crippen LogP contribution in [0.2, 0.25) is 0 Å². The molecule has 86 valence electrons. The summed E-state index contributed by atoms with van der Waals surface area (Å²) in [6, 6.07) is 8.65. The Hall–Kier alpha value is -2.49. The molecule has 0 aliphatic heterocycles. The van der Waals surface area contributed by atoms with Gasteiger partial charge in [-0.25, -0.2) is 4.79 Å². The van der Waals surface area contributed by atoms with Gasteiger partial charge in [-0.1, -0.05) is 18.7 Å². The molecule has 0 saturated carbocycles. The zero-order valence-corrected chi connectivity index (χ0v) is 9.14. The van der Waals surface area contributed by atoms with E-state index in [1.165, 1.54) is 0 Å². The molecule has 0 aromatic heterocycles. The SMILES string of the molecule is C=CC(=O)Oc1ccc(N)c2cccc(N)c12. The van der Waals surface area contributed by atoms with Gasteiger partial charge < -0.3 is 16.2 Å². The number of carbonyl (C=O) groups excluding carboxylic acids is 1. The van der Waals surface area contributed by atoms with Crippen LogP contribution in [-0.4, -0.2) is 5.97 Å². The van der Waals surface area contributed by atoms with Gasteiger partial charge in [-0.15, -0.1) is 0 Å². The molecular weight excluding hydrogens is 216 g/mol. The van der Waals surface area contributed by atoms with Crippen molar-refractivity contribution in [2.24, 2.45) is 0 Å². The van der Waals surface area contributed by atoms with E-state index < -0.39 is 5.97 Å². The molecule has 0 radical (unpaired) electrons. The summed E-state index contributed by atoms with van der Waals surface area (Å²) in [5.74, 6) is -0.142.